The maximum Gasteiger partial charge on any atom is 0.126 e. The van der Waals surface area contributed by atoms with Crippen LogP contribution in [0.15, 0.2) is 48.5 Å². The van der Waals surface area contributed by atoms with Crippen LogP contribution in [0.25, 0.3) is 11.1 Å². The molecule has 0 aromatic heterocycles. The van der Waals surface area contributed by atoms with Crippen LogP contribution in [0.4, 0.5) is 5.69 Å². The first kappa shape index (κ1) is 14.4. The van der Waals surface area contributed by atoms with Gasteiger partial charge in [-0.2, -0.15) is 0 Å². The van der Waals surface area contributed by atoms with E-state index >= 15 is 0 Å². The number of methoxy groups -OCH3 is 1. The molecule has 2 rings (SSSR count). The number of para-hydroxylation sites is 2. The molecule has 0 saturated carbocycles. The average Bonchev–Trinajstić information content (AvgIpc) is 2.52. The predicted octanol–water partition coefficient (Wildman–Crippen LogP) is 2.13. The summed E-state index contributed by atoms with van der Waals surface area (Å²) >= 11 is 0. The van der Waals surface area contributed by atoms with Crippen LogP contribution in [0.2, 0.25) is 0 Å². The third-order valence-corrected chi connectivity index (χ3v) is 3.06. The van der Waals surface area contributed by atoms with Crippen molar-refractivity contribution >= 4 is 5.69 Å². The molecule has 0 spiro atoms. The first-order chi connectivity index (χ1) is 9.76. The molecule has 0 aliphatic carbocycles. The minimum atomic E-state index is -0.777. The van der Waals surface area contributed by atoms with Crippen molar-refractivity contribution in [3.05, 3.63) is 48.5 Å². The molecule has 2 aromatic carbocycles. The lowest BCUT2D eigenvalue weighted by molar-refractivity contribution is 0.105. The fraction of sp³-hybridized carbons (Fsp3) is 0.250. The Labute approximate surface area is 118 Å². The van der Waals surface area contributed by atoms with Crippen molar-refractivity contribution in [3.8, 4) is 16.9 Å². The summed E-state index contributed by atoms with van der Waals surface area (Å²) in [5, 5.41) is 21.5. The van der Waals surface area contributed by atoms with Crippen LogP contribution in [0.5, 0.6) is 5.75 Å². The lowest BCUT2D eigenvalue weighted by Crippen LogP contribution is -2.23. The molecule has 1 unspecified atom stereocenters. The van der Waals surface area contributed by atoms with Gasteiger partial charge in [-0.15, -0.1) is 0 Å². The van der Waals surface area contributed by atoms with Gasteiger partial charge in [0.15, 0.2) is 0 Å². The van der Waals surface area contributed by atoms with Gasteiger partial charge in [0.25, 0.3) is 0 Å². The highest BCUT2D eigenvalue weighted by atomic mass is 16.5. The monoisotopic (exact) mass is 273 g/mol. The first-order valence-electron chi connectivity index (χ1n) is 6.51. The quantitative estimate of drug-likeness (QED) is 0.754. The topological polar surface area (TPSA) is 61.7 Å². The molecule has 0 bridgehead atoms. The molecular weight excluding hydrogens is 254 g/mol. The first-order valence-corrected chi connectivity index (χ1v) is 6.51. The smallest absolute Gasteiger partial charge is 0.126 e. The third-order valence-electron chi connectivity index (χ3n) is 3.06. The summed E-state index contributed by atoms with van der Waals surface area (Å²) in [4.78, 5) is 0. The highest BCUT2D eigenvalue weighted by Crippen LogP contribution is 2.34. The maximum absolute atomic E-state index is 9.44. The normalized spacial score (nSPS) is 11.9. The van der Waals surface area contributed by atoms with Crippen LogP contribution in [0.1, 0.15) is 0 Å². The van der Waals surface area contributed by atoms with Gasteiger partial charge in [-0.25, -0.2) is 0 Å². The van der Waals surface area contributed by atoms with Crippen molar-refractivity contribution in [3.63, 3.8) is 0 Å². The number of aliphatic hydroxyl groups is 2. The number of hydrogen-bond donors (Lipinski definition) is 3. The van der Waals surface area contributed by atoms with Crippen LogP contribution in [0.3, 0.4) is 0 Å². The lowest BCUT2D eigenvalue weighted by atomic mass is 10.0. The Hall–Kier alpha value is -2.04. The van der Waals surface area contributed by atoms with E-state index in [2.05, 4.69) is 5.32 Å². The SMILES string of the molecule is COc1ccccc1-c1ccccc1NCC(O)CO. The van der Waals surface area contributed by atoms with E-state index in [0.29, 0.717) is 6.54 Å². The van der Waals surface area contributed by atoms with Crippen molar-refractivity contribution < 1.29 is 14.9 Å². The molecule has 0 amide bonds. The molecule has 0 heterocycles. The Kier molecular flexibility index (Phi) is 4.98. The number of ether oxygens (including phenoxy) is 1. The molecule has 0 saturated heterocycles. The summed E-state index contributed by atoms with van der Waals surface area (Å²) in [6, 6.07) is 15.6. The van der Waals surface area contributed by atoms with E-state index in [0.717, 1.165) is 22.6 Å². The molecule has 4 heteroatoms. The molecular formula is C16H19NO3. The molecule has 4 nitrogen and oxygen atoms in total. The van der Waals surface area contributed by atoms with Gasteiger partial charge in [-0.1, -0.05) is 36.4 Å². The largest absolute Gasteiger partial charge is 0.496 e. The van der Waals surface area contributed by atoms with Gasteiger partial charge < -0.3 is 20.3 Å². The number of anilines is 1. The summed E-state index contributed by atoms with van der Waals surface area (Å²) in [7, 11) is 1.64. The fourth-order valence-electron chi connectivity index (χ4n) is 2.03. The van der Waals surface area contributed by atoms with E-state index in [4.69, 9.17) is 9.84 Å². The van der Waals surface area contributed by atoms with E-state index in [1.54, 1.807) is 7.11 Å². The van der Waals surface area contributed by atoms with Gasteiger partial charge in [0.1, 0.15) is 5.75 Å². The number of rotatable bonds is 6. The zero-order valence-corrected chi connectivity index (χ0v) is 11.4. The Morgan fingerprint density at radius 3 is 2.40 bits per heavy atom. The summed E-state index contributed by atoms with van der Waals surface area (Å²) < 4.78 is 5.38. The van der Waals surface area contributed by atoms with Crippen LogP contribution in [-0.4, -0.2) is 36.6 Å². The molecule has 2 aromatic rings. The zero-order valence-electron chi connectivity index (χ0n) is 11.4. The number of benzene rings is 2. The highest BCUT2D eigenvalue weighted by molar-refractivity contribution is 5.81. The molecule has 0 fully saturated rings. The number of nitrogens with one attached hydrogen (secondary N) is 1. The number of aliphatic hydroxyl groups excluding tert-OH is 2. The van der Waals surface area contributed by atoms with E-state index < -0.39 is 6.10 Å². The summed E-state index contributed by atoms with van der Waals surface area (Å²) in [5.41, 5.74) is 2.87. The zero-order chi connectivity index (χ0) is 14.4. The lowest BCUT2D eigenvalue weighted by Gasteiger charge is -2.16. The second-order valence-corrected chi connectivity index (χ2v) is 4.46. The molecule has 20 heavy (non-hydrogen) atoms. The molecule has 106 valence electrons. The summed E-state index contributed by atoms with van der Waals surface area (Å²) in [6.45, 7) is 0.0342. The minimum absolute atomic E-state index is 0.260. The fourth-order valence-corrected chi connectivity index (χ4v) is 2.03. The average molecular weight is 273 g/mol. The van der Waals surface area contributed by atoms with E-state index in [9.17, 15) is 5.11 Å². The van der Waals surface area contributed by atoms with Gasteiger partial charge in [-0.3, -0.25) is 0 Å². The van der Waals surface area contributed by atoms with Crippen molar-refractivity contribution in [2.24, 2.45) is 0 Å². The predicted molar refractivity (Wildman–Crippen MR) is 80.0 cm³/mol. The molecule has 0 radical (unpaired) electrons. The molecule has 3 N–H and O–H groups in total. The van der Waals surface area contributed by atoms with Crippen molar-refractivity contribution in [1.29, 1.82) is 0 Å². The maximum atomic E-state index is 9.44. The Morgan fingerprint density at radius 2 is 1.70 bits per heavy atom. The Morgan fingerprint density at radius 1 is 1.05 bits per heavy atom. The van der Waals surface area contributed by atoms with E-state index in [1.165, 1.54) is 0 Å². The van der Waals surface area contributed by atoms with Crippen molar-refractivity contribution in [1.82, 2.24) is 0 Å². The van der Waals surface area contributed by atoms with Gasteiger partial charge in [0.2, 0.25) is 0 Å². The van der Waals surface area contributed by atoms with Crippen LogP contribution in [-0.2, 0) is 0 Å². The van der Waals surface area contributed by atoms with Crippen molar-refractivity contribution in [2.45, 2.75) is 6.10 Å². The third kappa shape index (κ3) is 3.29. The Bertz CT molecular complexity index is 557. The molecule has 0 aliphatic heterocycles. The van der Waals surface area contributed by atoms with Crippen molar-refractivity contribution in [2.75, 3.05) is 25.6 Å². The second kappa shape index (κ2) is 6.93. The summed E-state index contributed by atoms with van der Waals surface area (Å²) in [6.07, 6.45) is -0.777. The van der Waals surface area contributed by atoms with Crippen LogP contribution in [0, 0.1) is 0 Å². The van der Waals surface area contributed by atoms with Gasteiger partial charge in [0.05, 0.1) is 19.8 Å². The van der Waals surface area contributed by atoms with Crippen LogP contribution >= 0.6 is 0 Å². The highest BCUT2D eigenvalue weighted by Gasteiger charge is 2.10. The van der Waals surface area contributed by atoms with E-state index in [1.807, 2.05) is 48.5 Å². The van der Waals surface area contributed by atoms with Gasteiger partial charge >= 0.3 is 0 Å². The van der Waals surface area contributed by atoms with Crippen LogP contribution < -0.4 is 10.1 Å². The second-order valence-electron chi connectivity index (χ2n) is 4.46. The minimum Gasteiger partial charge on any atom is -0.496 e. The van der Waals surface area contributed by atoms with Gasteiger partial charge in [0, 0.05) is 23.4 Å². The molecule has 0 aliphatic rings. The number of hydrogen-bond acceptors (Lipinski definition) is 4. The molecule has 1 atom stereocenters. The van der Waals surface area contributed by atoms with Gasteiger partial charge in [-0.05, 0) is 12.1 Å². The standard InChI is InChI=1S/C16H19NO3/c1-20-16-9-5-3-7-14(16)13-6-2-4-8-15(13)17-10-12(19)11-18/h2-9,12,17-19H,10-11H2,1H3. The van der Waals surface area contributed by atoms with E-state index in [-0.39, 0.29) is 6.61 Å². The summed E-state index contributed by atoms with van der Waals surface area (Å²) in [5.74, 6) is 0.796. The Balaban J connectivity index is 2.32.